The standard InChI is InChI=1S/C14H29N3O/c1-13(2,17(3)4)12(16-15)11-6-9-18-14(10-11)7-5-8-14/h11-12,16H,5-10,15H2,1-4H3. The van der Waals surface area contributed by atoms with E-state index in [1.54, 1.807) is 0 Å². The summed E-state index contributed by atoms with van der Waals surface area (Å²) < 4.78 is 6.02. The molecule has 0 amide bonds. The predicted octanol–water partition coefficient (Wildman–Crippen LogP) is 1.51. The number of likely N-dealkylation sites (N-methyl/N-ethyl adjacent to an activating group) is 1. The summed E-state index contributed by atoms with van der Waals surface area (Å²) in [5, 5.41) is 0. The van der Waals surface area contributed by atoms with Crippen LogP contribution in [-0.2, 0) is 4.74 Å². The van der Waals surface area contributed by atoms with Crippen LogP contribution in [0.15, 0.2) is 0 Å². The van der Waals surface area contributed by atoms with Gasteiger partial charge in [0.05, 0.1) is 5.60 Å². The van der Waals surface area contributed by atoms with Crippen molar-refractivity contribution in [3.63, 3.8) is 0 Å². The van der Waals surface area contributed by atoms with Gasteiger partial charge >= 0.3 is 0 Å². The molecule has 2 rings (SSSR count). The maximum Gasteiger partial charge on any atom is 0.0685 e. The Hall–Kier alpha value is -0.160. The average molecular weight is 255 g/mol. The Bertz CT molecular complexity index is 287. The molecule has 1 aliphatic heterocycles. The van der Waals surface area contributed by atoms with Crippen molar-refractivity contribution in [1.29, 1.82) is 0 Å². The van der Waals surface area contributed by atoms with Crippen LogP contribution in [0.1, 0.15) is 46.0 Å². The van der Waals surface area contributed by atoms with Crippen molar-refractivity contribution < 1.29 is 4.74 Å². The minimum Gasteiger partial charge on any atom is -0.375 e. The largest absolute Gasteiger partial charge is 0.375 e. The van der Waals surface area contributed by atoms with Gasteiger partial charge in [-0.1, -0.05) is 0 Å². The molecule has 0 aromatic heterocycles. The molecule has 1 aliphatic carbocycles. The van der Waals surface area contributed by atoms with Gasteiger partial charge in [0.15, 0.2) is 0 Å². The summed E-state index contributed by atoms with van der Waals surface area (Å²) in [6.07, 6.45) is 6.09. The third kappa shape index (κ3) is 2.44. The maximum absolute atomic E-state index is 6.02. The molecular weight excluding hydrogens is 226 g/mol. The second kappa shape index (κ2) is 5.08. The van der Waals surface area contributed by atoms with E-state index in [1.165, 1.54) is 25.7 Å². The highest BCUT2D eigenvalue weighted by molar-refractivity contribution is 5.01. The van der Waals surface area contributed by atoms with E-state index in [2.05, 4.69) is 38.3 Å². The fraction of sp³-hybridized carbons (Fsp3) is 1.00. The smallest absolute Gasteiger partial charge is 0.0685 e. The maximum atomic E-state index is 6.02. The molecule has 1 heterocycles. The Balaban J connectivity index is 2.07. The second-order valence-corrected chi connectivity index (χ2v) is 6.83. The van der Waals surface area contributed by atoms with E-state index in [4.69, 9.17) is 10.6 Å². The Morgan fingerprint density at radius 3 is 2.50 bits per heavy atom. The molecule has 0 aromatic carbocycles. The number of ether oxygens (including phenoxy) is 1. The van der Waals surface area contributed by atoms with Gasteiger partial charge in [0.25, 0.3) is 0 Å². The lowest BCUT2D eigenvalue weighted by Crippen LogP contribution is -2.62. The lowest BCUT2D eigenvalue weighted by atomic mass is 9.68. The van der Waals surface area contributed by atoms with Crippen molar-refractivity contribution in [2.24, 2.45) is 11.8 Å². The fourth-order valence-electron chi connectivity index (χ4n) is 3.46. The van der Waals surface area contributed by atoms with Gasteiger partial charge < -0.3 is 9.64 Å². The summed E-state index contributed by atoms with van der Waals surface area (Å²) in [5.41, 5.74) is 3.33. The number of nitrogens with two attached hydrogens (primary N) is 1. The molecule has 3 N–H and O–H groups in total. The minimum atomic E-state index is 0.0572. The van der Waals surface area contributed by atoms with Gasteiger partial charge in [0.1, 0.15) is 0 Å². The van der Waals surface area contributed by atoms with Crippen LogP contribution in [0.4, 0.5) is 0 Å². The molecule has 1 spiro atoms. The predicted molar refractivity (Wildman–Crippen MR) is 74.1 cm³/mol. The van der Waals surface area contributed by atoms with E-state index < -0.39 is 0 Å². The first-order valence-corrected chi connectivity index (χ1v) is 7.19. The van der Waals surface area contributed by atoms with Gasteiger partial charge in [0, 0.05) is 18.2 Å². The number of hydrogen-bond acceptors (Lipinski definition) is 4. The first-order valence-electron chi connectivity index (χ1n) is 7.19. The summed E-state index contributed by atoms with van der Waals surface area (Å²) in [4.78, 5) is 2.26. The molecule has 0 radical (unpaired) electrons. The molecule has 2 atom stereocenters. The van der Waals surface area contributed by atoms with Crippen LogP contribution in [-0.4, -0.2) is 42.8 Å². The summed E-state index contributed by atoms with van der Waals surface area (Å²) in [7, 11) is 4.26. The Morgan fingerprint density at radius 1 is 1.39 bits per heavy atom. The van der Waals surface area contributed by atoms with Crippen molar-refractivity contribution in [2.45, 2.75) is 63.1 Å². The van der Waals surface area contributed by atoms with Gasteiger partial charge in [-0.25, -0.2) is 0 Å². The Labute approximate surface area is 111 Å². The minimum absolute atomic E-state index is 0.0572. The Morgan fingerprint density at radius 2 is 2.06 bits per heavy atom. The highest BCUT2D eigenvalue weighted by Crippen LogP contribution is 2.46. The third-order valence-electron chi connectivity index (χ3n) is 5.36. The van der Waals surface area contributed by atoms with Gasteiger partial charge in [-0.15, -0.1) is 0 Å². The van der Waals surface area contributed by atoms with Gasteiger partial charge in [-0.3, -0.25) is 11.3 Å². The number of rotatable bonds is 4. The second-order valence-electron chi connectivity index (χ2n) is 6.83. The number of nitrogens with one attached hydrogen (secondary N) is 1. The molecule has 0 aromatic rings. The monoisotopic (exact) mass is 255 g/mol. The van der Waals surface area contributed by atoms with Crippen LogP contribution >= 0.6 is 0 Å². The third-order valence-corrected chi connectivity index (χ3v) is 5.36. The zero-order valence-corrected chi connectivity index (χ0v) is 12.3. The quantitative estimate of drug-likeness (QED) is 0.590. The van der Waals surface area contributed by atoms with Gasteiger partial charge in [-0.05, 0) is 66.0 Å². The summed E-state index contributed by atoms with van der Waals surface area (Å²) in [5.74, 6) is 6.47. The van der Waals surface area contributed by atoms with Crippen molar-refractivity contribution in [2.75, 3.05) is 20.7 Å². The average Bonchev–Trinajstić information content (AvgIpc) is 2.28. The van der Waals surface area contributed by atoms with Crippen LogP contribution in [0, 0.1) is 5.92 Å². The molecule has 106 valence electrons. The molecule has 0 bridgehead atoms. The lowest BCUT2D eigenvalue weighted by molar-refractivity contribution is -0.151. The fourth-order valence-corrected chi connectivity index (χ4v) is 3.46. The lowest BCUT2D eigenvalue weighted by Gasteiger charge is -2.52. The van der Waals surface area contributed by atoms with E-state index in [0.29, 0.717) is 12.0 Å². The topological polar surface area (TPSA) is 50.5 Å². The van der Waals surface area contributed by atoms with Crippen molar-refractivity contribution in [3.05, 3.63) is 0 Å². The molecule has 2 aliphatic rings. The summed E-state index contributed by atoms with van der Waals surface area (Å²) in [6.45, 7) is 5.42. The number of hydrazine groups is 1. The molecule has 4 heteroatoms. The van der Waals surface area contributed by atoms with Crippen LogP contribution in [0.3, 0.4) is 0 Å². The van der Waals surface area contributed by atoms with E-state index in [0.717, 1.165) is 13.0 Å². The van der Waals surface area contributed by atoms with E-state index in [9.17, 15) is 0 Å². The molecule has 1 saturated carbocycles. The number of hydrogen-bond donors (Lipinski definition) is 2. The highest BCUT2D eigenvalue weighted by Gasteiger charge is 2.47. The van der Waals surface area contributed by atoms with Gasteiger partial charge in [0.2, 0.25) is 0 Å². The normalized spacial score (nSPS) is 29.3. The first-order chi connectivity index (χ1) is 8.41. The van der Waals surface area contributed by atoms with Crippen molar-refractivity contribution in [3.8, 4) is 0 Å². The van der Waals surface area contributed by atoms with Gasteiger partial charge in [-0.2, -0.15) is 0 Å². The molecule has 2 fully saturated rings. The zero-order chi connectivity index (χ0) is 13.4. The Kier molecular flexibility index (Phi) is 4.02. The molecule has 18 heavy (non-hydrogen) atoms. The first kappa shape index (κ1) is 14.3. The van der Waals surface area contributed by atoms with E-state index >= 15 is 0 Å². The molecule has 2 unspecified atom stereocenters. The van der Waals surface area contributed by atoms with Crippen molar-refractivity contribution in [1.82, 2.24) is 10.3 Å². The van der Waals surface area contributed by atoms with Crippen LogP contribution in [0.2, 0.25) is 0 Å². The highest BCUT2D eigenvalue weighted by atomic mass is 16.5. The molecular formula is C14H29N3O. The molecule has 4 nitrogen and oxygen atoms in total. The number of nitrogens with zero attached hydrogens (tertiary/aromatic N) is 1. The van der Waals surface area contributed by atoms with Crippen molar-refractivity contribution >= 4 is 0 Å². The molecule has 1 saturated heterocycles. The van der Waals surface area contributed by atoms with Crippen LogP contribution < -0.4 is 11.3 Å². The van der Waals surface area contributed by atoms with Crippen LogP contribution in [0.5, 0.6) is 0 Å². The SMILES string of the molecule is CN(C)C(C)(C)C(NN)C1CCOC2(CCC2)C1. The summed E-state index contributed by atoms with van der Waals surface area (Å²) in [6, 6.07) is 0.314. The zero-order valence-electron chi connectivity index (χ0n) is 12.3. The van der Waals surface area contributed by atoms with E-state index in [1.807, 2.05) is 0 Å². The van der Waals surface area contributed by atoms with E-state index in [-0.39, 0.29) is 11.1 Å². The summed E-state index contributed by atoms with van der Waals surface area (Å²) >= 11 is 0. The van der Waals surface area contributed by atoms with Crippen LogP contribution in [0.25, 0.3) is 0 Å².